The van der Waals surface area contributed by atoms with E-state index in [1.54, 1.807) is 0 Å². The zero-order valence-electron chi connectivity index (χ0n) is 11.6. The maximum atomic E-state index is 9.14. The summed E-state index contributed by atoms with van der Waals surface area (Å²) in [5.74, 6) is 0.281. The third-order valence-electron chi connectivity index (χ3n) is 3.55. The molecule has 0 saturated carbocycles. The zero-order valence-corrected chi connectivity index (χ0v) is 11.6. The van der Waals surface area contributed by atoms with Gasteiger partial charge in [0.25, 0.3) is 0 Å². The van der Waals surface area contributed by atoms with Crippen molar-refractivity contribution in [3.8, 4) is 0 Å². The molecule has 0 spiro atoms. The SMILES string of the molecule is Cc1ccc(C(C)NC(C)C(C)CO)c(C)c1. The van der Waals surface area contributed by atoms with E-state index >= 15 is 0 Å². The number of aliphatic hydroxyl groups is 1. The fourth-order valence-corrected chi connectivity index (χ4v) is 2.12. The van der Waals surface area contributed by atoms with Crippen LogP contribution in [0.15, 0.2) is 18.2 Å². The minimum atomic E-state index is 0.230. The predicted octanol–water partition coefficient (Wildman–Crippen LogP) is 2.97. The maximum Gasteiger partial charge on any atom is 0.0471 e. The largest absolute Gasteiger partial charge is 0.396 e. The van der Waals surface area contributed by atoms with Gasteiger partial charge in [-0.1, -0.05) is 30.7 Å². The summed E-state index contributed by atoms with van der Waals surface area (Å²) in [6, 6.07) is 7.20. The average molecular weight is 235 g/mol. The lowest BCUT2D eigenvalue weighted by Crippen LogP contribution is -2.35. The number of nitrogens with one attached hydrogen (secondary N) is 1. The van der Waals surface area contributed by atoms with Crippen molar-refractivity contribution in [3.05, 3.63) is 34.9 Å². The van der Waals surface area contributed by atoms with Gasteiger partial charge in [-0.3, -0.25) is 0 Å². The van der Waals surface area contributed by atoms with Crippen molar-refractivity contribution in [2.24, 2.45) is 5.92 Å². The van der Waals surface area contributed by atoms with Gasteiger partial charge < -0.3 is 10.4 Å². The molecule has 2 heteroatoms. The summed E-state index contributed by atoms with van der Waals surface area (Å²) in [5, 5.41) is 12.7. The van der Waals surface area contributed by atoms with Crippen molar-refractivity contribution in [2.75, 3.05) is 6.61 Å². The summed E-state index contributed by atoms with van der Waals surface area (Å²) in [7, 11) is 0. The van der Waals surface area contributed by atoms with E-state index in [1.807, 2.05) is 0 Å². The van der Waals surface area contributed by atoms with Crippen LogP contribution in [0.5, 0.6) is 0 Å². The Labute approximate surface area is 105 Å². The van der Waals surface area contributed by atoms with Crippen LogP contribution in [0.1, 0.15) is 43.5 Å². The Kier molecular flexibility index (Phi) is 5.16. The minimum Gasteiger partial charge on any atom is -0.396 e. The van der Waals surface area contributed by atoms with Gasteiger partial charge in [-0.15, -0.1) is 0 Å². The molecule has 3 atom stereocenters. The van der Waals surface area contributed by atoms with Crippen molar-refractivity contribution >= 4 is 0 Å². The summed E-state index contributed by atoms with van der Waals surface area (Å²) >= 11 is 0. The predicted molar refractivity (Wildman–Crippen MR) is 73.2 cm³/mol. The Bertz CT molecular complexity index is 362. The third kappa shape index (κ3) is 3.83. The summed E-state index contributed by atoms with van der Waals surface area (Å²) in [6.45, 7) is 10.9. The lowest BCUT2D eigenvalue weighted by molar-refractivity contribution is 0.202. The molecule has 0 amide bonds. The quantitative estimate of drug-likeness (QED) is 0.822. The van der Waals surface area contributed by atoms with E-state index in [1.165, 1.54) is 16.7 Å². The van der Waals surface area contributed by atoms with Crippen LogP contribution in [0.4, 0.5) is 0 Å². The second-order valence-corrected chi connectivity index (χ2v) is 5.20. The minimum absolute atomic E-state index is 0.230. The number of benzene rings is 1. The second kappa shape index (κ2) is 6.18. The summed E-state index contributed by atoms with van der Waals surface area (Å²) in [4.78, 5) is 0. The molecule has 17 heavy (non-hydrogen) atoms. The first-order valence-corrected chi connectivity index (χ1v) is 6.39. The molecule has 1 rings (SSSR count). The Balaban J connectivity index is 2.72. The molecule has 0 aromatic heterocycles. The van der Waals surface area contributed by atoms with E-state index in [0.29, 0.717) is 12.1 Å². The molecule has 0 aliphatic carbocycles. The molecule has 96 valence electrons. The first-order chi connectivity index (χ1) is 7.95. The van der Waals surface area contributed by atoms with Gasteiger partial charge in [-0.05, 0) is 44.7 Å². The third-order valence-corrected chi connectivity index (χ3v) is 3.55. The van der Waals surface area contributed by atoms with Crippen LogP contribution in [0.2, 0.25) is 0 Å². The van der Waals surface area contributed by atoms with E-state index < -0.39 is 0 Å². The van der Waals surface area contributed by atoms with E-state index in [4.69, 9.17) is 5.11 Å². The smallest absolute Gasteiger partial charge is 0.0471 e. The highest BCUT2D eigenvalue weighted by Crippen LogP contribution is 2.20. The van der Waals surface area contributed by atoms with Gasteiger partial charge in [0.15, 0.2) is 0 Å². The molecule has 0 saturated heterocycles. The second-order valence-electron chi connectivity index (χ2n) is 5.20. The van der Waals surface area contributed by atoms with Crippen LogP contribution in [0.25, 0.3) is 0 Å². The van der Waals surface area contributed by atoms with Crippen LogP contribution in [-0.2, 0) is 0 Å². The van der Waals surface area contributed by atoms with E-state index in [2.05, 4.69) is 58.1 Å². The number of aliphatic hydroxyl groups excluding tert-OH is 1. The van der Waals surface area contributed by atoms with E-state index in [9.17, 15) is 0 Å². The first kappa shape index (κ1) is 14.2. The monoisotopic (exact) mass is 235 g/mol. The standard InChI is InChI=1S/C15H25NO/c1-10-6-7-15(11(2)8-10)14(5)16-13(4)12(3)9-17/h6-8,12-14,16-17H,9H2,1-5H3. The molecule has 0 bridgehead atoms. The highest BCUT2D eigenvalue weighted by Gasteiger charge is 2.15. The molecule has 0 fully saturated rings. The van der Waals surface area contributed by atoms with Crippen molar-refractivity contribution in [3.63, 3.8) is 0 Å². The fourth-order valence-electron chi connectivity index (χ4n) is 2.12. The summed E-state index contributed by atoms with van der Waals surface area (Å²) < 4.78 is 0. The molecule has 3 unspecified atom stereocenters. The van der Waals surface area contributed by atoms with Crippen LogP contribution >= 0.6 is 0 Å². The summed E-state index contributed by atoms with van der Waals surface area (Å²) in [6.07, 6.45) is 0. The number of hydrogen-bond acceptors (Lipinski definition) is 2. The van der Waals surface area contributed by atoms with Gasteiger partial charge in [0.05, 0.1) is 0 Å². The number of aryl methyl sites for hydroxylation is 2. The topological polar surface area (TPSA) is 32.3 Å². The lowest BCUT2D eigenvalue weighted by Gasteiger charge is -2.25. The Morgan fingerprint density at radius 1 is 1.18 bits per heavy atom. The van der Waals surface area contributed by atoms with E-state index in [0.717, 1.165) is 0 Å². The van der Waals surface area contributed by atoms with Crippen LogP contribution in [0.3, 0.4) is 0 Å². The first-order valence-electron chi connectivity index (χ1n) is 6.39. The molecule has 1 aromatic carbocycles. The Morgan fingerprint density at radius 2 is 1.82 bits per heavy atom. The van der Waals surface area contributed by atoms with E-state index in [-0.39, 0.29) is 12.5 Å². The van der Waals surface area contributed by atoms with Crippen molar-refractivity contribution in [1.29, 1.82) is 0 Å². The Morgan fingerprint density at radius 3 is 2.35 bits per heavy atom. The Hall–Kier alpha value is -0.860. The average Bonchev–Trinajstić information content (AvgIpc) is 2.27. The molecule has 2 N–H and O–H groups in total. The van der Waals surface area contributed by atoms with Gasteiger partial charge in [-0.25, -0.2) is 0 Å². The molecule has 2 nitrogen and oxygen atoms in total. The molecule has 0 heterocycles. The summed E-state index contributed by atoms with van der Waals surface area (Å²) in [5.41, 5.74) is 3.97. The molecular weight excluding hydrogens is 210 g/mol. The molecule has 0 aliphatic heterocycles. The van der Waals surface area contributed by atoms with Gasteiger partial charge >= 0.3 is 0 Å². The fraction of sp³-hybridized carbons (Fsp3) is 0.600. The van der Waals surface area contributed by atoms with Crippen molar-refractivity contribution in [1.82, 2.24) is 5.32 Å². The molecule has 0 aliphatic rings. The van der Waals surface area contributed by atoms with Gasteiger partial charge in [0, 0.05) is 18.7 Å². The van der Waals surface area contributed by atoms with Crippen LogP contribution in [0, 0.1) is 19.8 Å². The lowest BCUT2D eigenvalue weighted by atomic mass is 9.98. The molecule has 1 aromatic rings. The van der Waals surface area contributed by atoms with Crippen LogP contribution < -0.4 is 5.32 Å². The maximum absolute atomic E-state index is 9.14. The zero-order chi connectivity index (χ0) is 13.0. The molecule has 0 radical (unpaired) electrons. The van der Waals surface area contributed by atoms with Crippen molar-refractivity contribution < 1.29 is 5.11 Å². The van der Waals surface area contributed by atoms with Gasteiger partial charge in [0.2, 0.25) is 0 Å². The number of rotatable bonds is 5. The highest BCUT2D eigenvalue weighted by atomic mass is 16.3. The van der Waals surface area contributed by atoms with Gasteiger partial charge in [-0.2, -0.15) is 0 Å². The molecular formula is C15H25NO. The normalized spacial score (nSPS) is 16.6. The van der Waals surface area contributed by atoms with Gasteiger partial charge in [0.1, 0.15) is 0 Å². The van der Waals surface area contributed by atoms with Crippen LogP contribution in [-0.4, -0.2) is 17.8 Å². The highest BCUT2D eigenvalue weighted by molar-refractivity contribution is 5.32. The number of hydrogen-bond donors (Lipinski definition) is 2. The van der Waals surface area contributed by atoms with Crippen molar-refractivity contribution in [2.45, 2.75) is 46.7 Å².